The molecular formula is C19H31N3O3Si. The summed E-state index contributed by atoms with van der Waals surface area (Å²) in [6, 6.07) is 0. The van der Waals surface area contributed by atoms with E-state index in [-0.39, 0.29) is 16.5 Å². The van der Waals surface area contributed by atoms with Crippen molar-refractivity contribution >= 4 is 20.2 Å². The van der Waals surface area contributed by atoms with Gasteiger partial charge in [0.15, 0.2) is 14.1 Å². The standard InChI is InChI=1S/C19H31N3O3Si/c1-14(24-5)15-12-22(13-15)17-18(23)20-11-16(21-17)9-8-10-25-26(6,7)19(2,3)4/h8-9,11,15H,1,10,12-13H2,2-7H3,(H,20,23)/b9-8+. The van der Waals surface area contributed by atoms with Crippen molar-refractivity contribution in [1.29, 1.82) is 0 Å². The highest BCUT2D eigenvalue weighted by Gasteiger charge is 2.36. The van der Waals surface area contributed by atoms with E-state index in [2.05, 4.69) is 50.4 Å². The van der Waals surface area contributed by atoms with Crippen LogP contribution in [0.5, 0.6) is 0 Å². The van der Waals surface area contributed by atoms with Crippen LogP contribution in [-0.2, 0) is 9.16 Å². The highest BCUT2D eigenvalue weighted by molar-refractivity contribution is 6.74. The zero-order valence-electron chi connectivity index (χ0n) is 16.8. The van der Waals surface area contributed by atoms with E-state index in [1.807, 2.05) is 17.1 Å². The van der Waals surface area contributed by atoms with Crippen molar-refractivity contribution in [3.05, 3.63) is 40.7 Å². The van der Waals surface area contributed by atoms with Gasteiger partial charge < -0.3 is 19.0 Å². The maximum atomic E-state index is 12.1. The van der Waals surface area contributed by atoms with Crippen molar-refractivity contribution in [1.82, 2.24) is 9.97 Å². The SMILES string of the molecule is C=C(OC)C1CN(c2nc(/C=C/CO[Si](C)(C)C(C)(C)C)c[nH]c2=O)C1. The molecular weight excluding hydrogens is 346 g/mol. The molecule has 1 aliphatic rings. The van der Waals surface area contributed by atoms with Crippen LogP contribution in [0.3, 0.4) is 0 Å². The summed E-state index contributed by atoms with van der Waals surface area (Å²) in [7, 11) is -0.139. The summed E-state index contributed by atoms with van der Waals surface area (Å²) in [6.07, 6.45) is 5.47. The van der Waals surface area contributed by atoms with Crippen molar-refractivity contribution in [2.75, 3.05) is 31.7 Å². The van der Waals surface area contributed by atoms with Gasteiger partial charge >= 0.3 is 0 Å². The third kappa shape index (κ3) is 4.65. The number of hydrogen-bond acceptors (Lipinski definition) is 5. The van der Waals surface area contributed by atoms with Crippen LogP contribution in [0.1, 0.15) is 26.5 Å². The minimum atomic E-state index is -1.76. The summed E-state index contributed by atoms with van der Waals surface area (Å²) < 4.78 is 11.3. The fraction of sp³-hybridized carbons (Fsp3) is 0.579. The Balaban J connectivity index is 1.98. The van der Waals surface area contributed by atoms with Crippen LogP contribution in [0.4, 0.5) is 5.82 Å². The lowest BCUT2D eigenvalue weighted by Gasteiger charge is -2.39. The van der Waals surface area contributed by atoms with E-state index in [0.717, 1.165) is 5.76 Å². The molecule has 1 aromatic heterocycles. The summed E-state index contributed by atoms with van der Waals surface area (Å²) in [5.74, 6) is 1.44. The Kier molecular flexibility index (Phi) is 6.13. The minimum absolute atomic E-state index is 0.179. The lowest BCUT2D eigenvalue weighted by atomic mass is 9.99. The molecule has 26 heavy (non-hydrogen) atoms. The van der Waals surface area contributed by atoms with E-state index in [1.165, 1.54) is 0 Å². The second-order valence-electron chi connectivity index (χ2n) is 8.22. The highest BCUT2D eigenvalue weighted by atomic mass is 28.4. The van der Waals surface area contributed by atoms with E-state index >= 15 is 0 Å². The van der Waals surface area contributed by atoms with E-state index in [9.17, 15) is 4.79 Å². The molecule has 0 radical (unpaired) electrons. The van der Waals surface area contributed by atoms with Crippen LogP contribution in [0.25, 0.3) is 6.08 Å². The van der Waals surface area contributed by atoms with Gasteiger partial charge in [0.25, 0.3) is 5.56 Å². The average molecular weight is 378 g/mol. The van der Waals surface area contributed by atoms with Crippen LogP contribution in [0.15, 0.2) is 29.4 Å². The number of nitrogens with one attached hydrogen (secondary N) is 1. The molecule has 0 aromatic carbocycles. The number of hydrogen-bond donors (Lipinski definition) is 1. The lowest BCUT2D eigenvalue weighted by molar-refractivity contribution is 0.223. The first kappa shape index (κ1) is 20.4. The minimum Gasteiger partial charge on any atom is -0.501 e. The van der Waals surface area contributed by atoms with Gasteiger partial charge in [-0.2, -0.15) is 0 Å². The Hall–Kier alpha value is -1.86. The van der Waals surface area contributed by atoms with Crippen molar-refractivity contribution in [2.24, 2.45) is 5.92 Å². The van der Waals surface area contributed by atoms with Gasteiger partial charge in [0.1, 0.15) is 0 Å². The number of H-pyrrole nitrogens is 1. The third-order valence-electron chi connectivity index (χ3n) is 5.32. The van der Waals surface area contributed by atoms with Gasteiger partial charge in [0, 0.05) is 19.3 Å². The molecule has 1 aromatic rings. The Bertz CT molecular complexity index is 728. The van der Waals surface area contributed by atoms with Gasteiger partial charge in [-0.05, 0) is 24.2 Å². The Morgan fingerprint density at radius 2 is 2.12 bits per heavy atom. The molecule has 7 heteroatoms. The van der Waals surface area contributed by atoms with Gasteiger partial charge in [-0.1, -0.05) is 33.4 Å². The summed E-state index contributed by atoms with van der Waals surface area (Å²) in [6.45, 7) is 16.9. The van der Waals surface area contributed by atoms with Crippen molar-refractivity contribution in [3.63, 3.8) is 0 Å². The fourth-order valence-electron chi connectivity index (χ4n) is 2.37. The largest absolute Gasteiger partial charge is 0.501 e. The molecule has 1 fully saturated rings. The molecule has 0 atom stereocenters. The maximum Gasteiger partial charge on any atom is 0.290 e. The normalized spacial score (nSPS) is 16.0. The molecule has 0 unspecified atom stereocenters. The Morgan fingerprint density at radius 1 is 1.46 bits per heavy atom. The van der Waals surface area contributed by atoms with Crippen molar-refractivity contribution in [2.45, 2.75) is 38.9 Å². The van der Waals surface area contributed by atoms with Gasteiger partial charge in [-0.15, -0.1) is 0 Å². The van der Waals surface area contributed by atoms with Crippen LogP contribution in [-0.4, -0.2) is 45.1 Å². The predicted molar refractivity (Wildman–Crippen MR) is 109 cm³/mol. The molecule has 0 saturated carbocycles. The highest BCUT2D eigenvalue weighted by Crippen LogP contribution is 2.36. The summed E-state index contributed by atoms with van der Waals surface area (Å²) in [4.78, 5) is 21.2. The molecule has 1 N–H and O–H groups in total. The summed E-state index contributed by atoms with van der Waals surface area (Å²) >= 11 is 0. The van der Waals surface area contributed by atoms with Gasteiger partial charge in [0.05, 0.1) is 31.1 Å². The van der Waals surface area contributed by atoms with Gasteiger partial charge in [0.2, 0.25) is 0 Å². The second kappa shape index (κ2) is 7.80. The number of aromatic nitrogens is 2. The smallest absolute Gasteiger partial charge is 0.290 e. The first-order chi connectivity index (χ1) is 12.0. The quantitative estimate of drug-likeness (QED) is 0.583. The second-order valence-corrected chi connectivity index (χ2v) is 13.0. The van der Waals surface area contributed by atoms with E-state index in [1.54, 1.807) is 13.3 Å². The van der Waals surface area contributed by atoms with Crippen molar-refractivity contribution in [3.8, 4) is 0 Å². The topological polar surface area (TPSA) is 67.5 Å². The molecule has 1 aliphatic heterocycles. The number of ether oxygens (including phenoxy) is 1. The number of nitrogens with zero attached hydrogens (tertiary/aromatic N) is 2. The molecule has 0 amide bonds. The monoisotopic (exact) mass is 377 g/mol. The van der Waals surface area contributed by atoms with Crippen molar-refractivity contribution < 1.29 is 9.16 Å². The number of aromatic amines is 1. The Labute approximate surface area is 157 Å². The Morgan fingerprint density at radius 3 is 2.69 bits per heavy atom. The molecule has 2 rings (SSSR count). The van der Waals surface area contributed by atoms with Crippen LogP contribution in [0, 0.1) is 5.92 Å². The third-order valence-corrected chi connectivity index (χ3v) is 9.82. The summed E-state index contributed by atoms with van der Waals surface area (Å²) in [5, 5.41) is 0.185. The van der Waals surface area contributed by atoms with Gasteiger partial charge in [-0.25, -0.2) is 4.98 Å². The fourth-order valence-corrected chi connectivity index (χ4v) is 3.32. The molecule has 1 saturated heterocycles. The van der Waals surface area contributed by atoms with Crippen LogP contribution < -0.4 is 10.5 Å². The first-order valence-electron chi connectivity index (χ1n) is 8.93. The molecule has 144 valence electrons. The van der Waals surface area contributed by atoms with Crippen LogP contribution >= 0.6 is 0 Å². The van der Waals surface area contributed by atoms with Gasteiger partial charge in [-0.3, -0.25) is 4.79 Å². The number of rotatable bonds is 7. The average Bonchev–Trinajstić information content (AvgIpc) is 2.51. The zero-order chi connectivity index (χ0) is 19.5. The van der Waals surface area contributed by atoms with E-state index < -0.39 is 8.32 Å². The molecule has 0 aliphatic carbocycles. The number of methoxy groups -OCH3 is 1. The first-order valence-corrected chi connectivity index (χ1v) is 11.8. The molecule has 0 spiro atoms. The molecule has 0 bridgehead atoms. The van der Waals surface area contributed by atoms with E-state index in [0.29, 0.717) is 31.2 Å². The van der Waals surface area contributed by atoms with E-state index in [4.69, 9.17) is 9.16 Å². The molecule has 2 heterocycles. The maximum absolute atomic E-state index is 12.1. The summed E-state index contributed by atoms with van der Waals surface area (Å²) in [5.41, 5.74) is 0.536. The predicted octanol–water partition coefficient (Wildman–Crippen LogP) is 3.40. The van der Waals surface area contributed by atoms with Crippen LogP contribution in [0.2, 0.25) is 18.1 Å². The molecule has 6 nitrogen and oxygen atoms in total. The number of anilines is 1. The zero-order valence-corrected chi connectivity index (χ0v) is 17.8. The lowest BCUT2D eigenvalue weighted by Crippen LogP contribution is -2.50.